The molecule has 1 amide bonds. The van der Waals surface area contributed by atoms with E-state index in [1.54, 1.807) is 6.20 Å². The fourth-order valence-electron chi connectivity index (χ4n) is 3.28. The number of fused-ring (bicyclic) bond motifs is 1. The zero-order chi connectivity index (χ0) is 19.7. The molecule has 0 radical (unpaired) electrons. The second-order valence-electron chi connectivity index (χ2n) is 6.77. The fraction of sp³-hybridized carbons (Fsp3) is 0.0870. The van der Waals surface area contributed by atoms with Gasteiger partial charge in [-0.1, -0.05) is 42.0 Å². The van der Waals surface area contributed by atoms with E-state index < -0.39 is 0 Å². The average molecular weight is 433 g/mol. The first-order valence-corrected chi connectivity index (χ1v) is 9.76. The minimum atomic E-state index is -0.178. The van der Waals surface area contributed by atoms with Crippen LogP contribution in [0, 0.1) is 13.8 Å². The van der Waals surface area contributed by atoms with Gasteiger partial charge in [-0.05, 0) is 53.5 Å². The zero-order valence-corrected chi connectivity index (χ0v) is 17.2. The first-order chi connectivity index (χ1) is 13.5. The molecule has 4 rings (SSSR count). The first kappa shape index (κ1) is 18.3. The molecular weight excluding hydrogens is 414 g/mol. The lowest BCUT2D eigenvalue weighted by molar-refractivity contribution is -0.361. The number of aromatic nitrogens is 2. The van der Waals surface area contributed by atoms with Crippen molar-refractivity contribution in [3.05, 3.63) is 88.0 Å². The number of rotatable bonds is 3. The van der Waals surface area contributed by atoms with Crippen LogP contribution in [0.15, 0.2) is 71.3 Å². The number of carbonyl (C=O) groups excluding carboxylic acids is 1. The summed E-state index contributed by atoms with van der Waals surface area (Å²) in [5.74, 6) is 0.449. The lowest BCUT2D eigenvalue weighted by atomic mass is 9.99. The van der Waals surface area contributed by atoms with Crippen LogP contribution in [0.5, 0.6) is 0 Å². The molecule has 0 bridgehead atoms. The molecule has 0 fully saturated rings. The molecule has 0 unspecified atom stereocenters. The van der Waals surface area contributed by atoms with Crippen molar-refractivity contribution in [2.75, 3.05) is 5.32 Å². The van der Waals surface area contributed by atoms with Gasteiger partial charge in [0.1, 0.15) is 6.20 Å². The summed E-state index contributed by atoms with van der Waals surface area (Å²) >= 11 is 3.38. The summed E-state index contributed by atoms with van der Waals surface area (Å²) in [5, 5.41) is 3.76. The molecule has 5 heteroatoms. The molecule has 0 atom stereocenters. The van der Waals surface area contributed by atoms with Crippen molar-refractivity contribution < 1.29 is 9.78 Å². The Morgan fingerprint density at radius 1 is 1.04 bits per heavy atom. The highest BCUT2D eigenvalue weighted by Crippen LogP contribution is 2.28. The number of nitrogens with zero attached hydrogens (tertiary/aromatic N) is 1. The molecule has 2 heterocycles. The number of benzene rings is 2. The summed E-state index contributed by atoms with van der Waals surface area (Å²) in [5.41, 5.74) is 5.55. The second kappa shape index (κ2) is 7.52. The summed E-state index contributed by atoms with van der Waals surface area (Å²) in [6.07, 6.45) is 1.78. The van der Waals surface area contributed by atoms with Crippen LogP contribution in [0.4, 0.5) is 5.82 Å². The van der Waals surface area contributed by atoms with E-state index in [2.05, 4.69) is 58.3 Å². The Morgan fingerprint density at radius 3 is 2.61 bits per heavy atom. The van der Waals surface area contributed by atoms with Crippen molar-refractivity contribution in [1.29, 1.82) is 0 Å². The lowest BCUT2D eigenvalue weighted by Gasteiger charge is -2.10. The van der Waals surface area contributed by atoms with Gasteiger partial charge in [-0.15, -0.1) is 0 Å². The van der Waals surface area contributed by atoms with Gasteiger partial charge in [0.15, 0.2) is 0 Å². The van der Waals surface area contributed by atoms with Crippen molar-refractivity contribution in [3.8, 4) is 11.3 Å². The maximum atomic E-state index is 13.1. The molecule has 4 aromatic rings. The third kappa shape index (κ3) is 3.66. The molecule has 0 aliphatic carbocycles. The van der Waals surface area contributed by atoms with Gasteiger partial charge in [-0.25, -0.2) is 20.1 Å². The van der Waals surface area contributed by atoms with E-state index in [9.17, 15) is 4.79 Å². The largest absolute Gasteiger partial charge is 0.339 e. The molecule has 4 nitrogen and oxygen atoms in total. The summed E-state index contributed by atoms with van der Waals surface area (Å²) in [4.78, 5) is 20.9. The minimum Gasteiger partial charge on any atom is -0.248 e. The normalized spacial score (nSPS) is 10.8. The van der Waals surface area contributed by atoms with Gasteiger partial charge >= 0.3 is 5.91 Å². The maximum Gasteiger partial charge on any atom is 0.339 e. The molecular formula is C23H19BrN3O+. The van der Waals surface area contributed by atoms with E-state index in [0.29, 0.717) is 11.4 Å². The van der Waals surface area contributed by atoms with E-state index in [0.717, 1.165) is 32.2 Å². The number of hydrogen-bond donors (Lipinski definition) is 1. The number of aromatic amines is 1. The Balaban J connectivity index is 1.82. The van der Waals surface area contributed by atoms with Crippen molar-refractivity contribution in [2.45, 2.75) is 13.8 Å². The Labute approximate surface area is 171 Å². The third-order valence-electron chi connectivity index (χ3n) is 4.64. The van der Waals surface area contributed by atoms with E-state index >= 15 is 0 Å². The first-order valence-electron chi connectivity index (χ1n) is 8.97. The number of H-pyrrole nitrogens is 1. The van der Waals surface area contributed by atoms with Crippen LogP contribution in [-0.2, 0) is 0 Å². The molecule has 138 valence electrons. The number of para-hydroxylation sites is 1. The van der Waals surface area contributed by atoms with Crippen molar-refractivity contribution in [3.63, 3.8) is 0 Å². The van der Waals surface area contributed by atoms with E-state index in [4.69, 9.17) is 4.98 Å². The molecule has 28 heavy (non-hydrogen) atoms. The van der Waals surface area contributed by atoms with Crippen LogP contribution in [0.3, 0.4) is 0 Å². The highest BCUT2D eigenvalue weighted by molar-refractivity contribution is 9.10. The Kier molecular flexibility index (Phi) is 4.92. The number of nitrogens with one attached hydrogen (secondary N) is 2. The van der Waals surface area contributed by atoms with Crippen molar-refractivity contribution in [2.24, 2.45) is 0 Å². The zero-order valence-electron chi connectivity index (χ0n) is 15.6. The Morgan fingerprint density at radius 2 is 1.86 bits per heavy atom. The van der Waals surface area contributed by atoms with Gasteiger partial charge in [-0.3, -0.25) is 0 Å². The van der Waals surface area contributed by atoms with E-state index in [-0.39, 0.29) is 5.91 Å². The maximum absolute atomic E-state index is 13.1. The molecule has 0 saturated heterocycles. The number of hydrogen-bond acceptors (Lipinski definition) is 2. The number of anilines is 1. The summed E-state index contributed by atoms with van der Waals surface area (Å²) in [6.45, 7) is 4.13. The predicted molar refractivity (Wildman–Crippen MR) is 115 cm³/mol. The highest BCUT2D eigenvalue weighted by Gasteiger charge is 2.19. The standard InChI is InChI=1S/C23H18BrN3O/c1-14-7-9-17(15(2)11-14)21-12-19(18-5-3-4-6-20(18)26-21)23(28)27-22-10-8-16(24)13-25-22/h3-13H,1-2H3,(H,25,27,28)/p+1. The molecule has 2 aromatic carbocycles. The van der Waals surface area contributed by atoms with Gasteiger partial charge in [0, 0.05) is 17.0 Å². The Bertz CT molecular complexity index is 1190. The quantitative estimate of drug-likeness (QED) is 0.474. The minimum absolute atomic E-state index is 0.178. The van der Waals surface area contributed by atoms with Crippen LogP contribution in [0.1, 0.15) is 21.5 Å². The molecule has 0 aliphatic rings. The highest BCUT2D eigenvalue weighted by atomic mass is 79.9. The number of halogens is 1. The van der Waals surface area contributed by atoms with Crippen LogP contribution < -0.4 is 10.3 Å². The SMILES string of the molecule is Cc1ccc(-c2cc(C(=O)Nc3ccc(Br)c[nH+]3)c3ccccc3n2)c(C)c1. The van der Waals surface area contributed by atoms with Crippen LogP contribution in [0.2, 0.25) is 0 Å². The molecule has 2 N–H and O–H groups in total. The van der Waals surface area contributed by atoms with Crippen LogP contribution in [-0.4, -0.2) is 10.9 Å². The number of pyridine rings is 2. The van der Waals surface area contributed by atoms with Gasteiger partial charge in [0.05, 0.1) is 21.2 Å². The molecule has 2 aromatic heterocycles. The van der Waals surface area contributed by atoms with Gasteiger partial charge < -0.3 is 0 Å². The van der Waals surface area contributed by atoms with E-state index in [1.165, 1.54) is 5.56 Å². The monoisotopic (exact) mass is 432 g/mol. The number of amides is 1. The van der Waals surface area contributed by atoms with Crippen LogP contribution >= 0.6 is 15.9 Å². The lowest BCUT2D eigenvalue weighted by Crippen LogP contribution is -2.19. The topological polar surface area (TPSA) is 56.1 Å². The van der Waals surface area contributed by atoms with Crippen molar-refractivity contribution in [1.82, 2.24) is 4.98 Å². The number of carbonyl (C=O) groups is 1. The average Bonchev–Trinajstić information content (AvgIpc) is 2.69. The third-order valence-corrected chi connectivity index (χ3v) is 5.13. The smallest absolute Gasteiger partial charge is 0.248 e. The van der Waals surface area contributed by atoms with E-state index in [1.807, 2.05) is 42.5 Å². The summed E-state index contributed by atoms with van der Waals surface area (Å²) < 4.78 is 0.914. The van der Waals surface area contributed by atoms with Gasteiger partial charge in [0.2, 0.25) is 0 Å². The number of aryl methyl sites for hydroxylation is 2. The summed E-state index contributed by atoms with van der Waals surface area (Å²) in [6, 6.07) is 19.5. The Hall–Kier alpha value is -3.05. The van der Waals surface area contributed by atoms with Gasteiger partial charge in [0.25, 0.3) is 5.82 Å². The van der Waals surface area contributed by atoms with Crippen LogP contribution in [0.25, 0.3) is 22.2 Å². The summed E-state index contributed by atoms with van der Waals surface area (Å²) in [7, 11) is 0. The molecule has 0 spiro atoms. The molecule has 0 saturated carbocycles. The fourth-order valence-corrected chi connectivity index (χ4v) is 3.52. The predicted octanol–water partition coefficient (Wildman–Crippen LogP) is 5.35. The van der Waals surface area contributed by atoms with Crippen molar-refractivity contribution >= 4 is 38.6 Å². The van der Waals surface area contributed by atoms with Gasteiger partial charge in [-0.2, -0.15) is 0 Å². The second-order valence-corrected chi connectivity index (χ2v) is 7.68. The molecule has 0 aliphatic heterocycles.